The van der Waals surface area contributed by atoms with Crippen molar-refractivity contribution in [3.63, 3.8) is 0 Å². The van der Waals surface area contributed by atoms with E-state index >= 15 is 0 Å². The molecule has 0 unspecified atom stereocenters. The lowest BCUT2D eigenvalue weighted by atomic mass is 10.1. The van der Waals surface area contributed by atoms with E-state index < -0.39 is 40.0 Å². The van der Waals surface area contributed by atoms with Gasteiger partial charge in [0.05, 0.1) is 0 Å². The van der Waals surface area contributed by atoms with Crippen LogP contribution in [0, 0.1) is 0 Å². The van der Waals surface area contributed by atoms with Gasteiger partial charge in [0.2, 0.25) is 0 Å². The Morgan fingerprint density at radius 2 is 1.65 bits per heavy atom. The largest absolute Gasteiger partial charge is 0.446 e. The molecule has 0 aliphatic carbocycles. The summed E-state index contributed by atoms with van der Waals surface area (Å²) in [5.74, 6) is 0. The second-order valence-corrected chi connectivity index (χ2v) is 4.20. The Morgan fingerprint density at radius 1 is 1.06 bits per heavy atom. The Kier molecular flexibility index (Phi) is 3.98. The van der Waals surface area contributed by atoms with Crippen LogP contribution in [0.5, 0.6) is 0 Å². The topological polar surface area (TPSA) is 20.2 Å². The van der Waals surface area contributed by atoms with Crippen LogP contribution < -0.4 is 0 Å². The molecule has 0 heterocycles. The summed E-state index contributed by atoms with van der Waals surface area (Å²) in [6, 6.07) is 3.62. The SMILES string of the molecule is O[C@@H](c1cccc(SC(F)(F)F)c1)C(F)(F)F. The van der Waals surface area contributed by atoms with E-state index in [0.29, 0.717) is 6.07 Å². The van der Waals surface area contributed by atoms with E-state index in [2.05, 4.69) is 0 Å². The number of aliphatic hydroxyl groups excluding tert-OH is 1. The molecule has 1 atom stereocenters. The van der Waals surface area contributed by atoms with E-state index in [9.17, 15) is 26.3 Å². The van der Waals surface area contributed by atoms with Crippen molar-refractivity contribution in [3.05, 3.63) is 29.8 Å². The molecule has 0 aliphatic rings. The van der Waals surface area contributed by atoms with Crippen molar-refractivity contribution in [2.45, 2.75) is 22.7 Å². The van der Waals surface area contributed by atoms with Gasteiger partial charge in [0, 0.05) is 4.90 Å². The predicted octanol–water partition coefficient (Wildman–Crippen LogP) is 3.89. The third-order valence-corrected chi connectivity index (χ3v) is 2.44. The quantitative estimate of drug-likeness (QED) is 0.653. The number of alkyl halides is 6. The molecule has 1 rings (SSSR count). The van der Waals surface area contributed by atoms with E-state index in [1.807, 2.05) is 0 Å². The van der Waals surface area contributed by atoms with Gasteiger partial charge in [-0.1, -0.05) is 12.1 Å². The third-order valence-electron chi connectivity index (χ3n) is 1.72. The Balaban J connectivity index is 2.94. The molecule has 96 valence electrons. The van der Waals surface area contributed by atoms with Gasteiger partial charge in [-0.05, 0) is 29.5 Å². The minimum atomic E-state index is -4.90. The average Bonchev–Trinajstić information content (AvgIpc) is 2.12. The van der Waals surface area contributed by atoms with Crippen LogP contribution in [0.25, 0.3) is 0 Å². The fourth-order valence-electron chi connectivity index (χ4n) is 1.07. The Hall–Kier alpha value is -0.890. The van der Waals surface area contributed by atoms with Gasteiger partial charge in [-0.15, -0.1) is 0 Å². The van der Waals surface area contributed by atoms with Gasteiger partial charge in [0.1, 0.15) is 0 Å². The van der Waals surface area contributed by atoms with E-state index in [1.165, 1.54) is 0 Å². The molecule has 1 N–H and O–H groups in total. The van der Waals surface area contributed by atoms with Crippen LogP contribution in [-0.2, 0) is 0 Å². The second-order valence-electron chi connectivity index (χ2n) is 3.06. The molecular formula is C9H6F6OS. The van der Waals surface area contributed by atoms with Gasteiger partial charge in [0.15, 0.2) is 6.10 Å². The maximum atomic E-state index is 12.1. The van der Waals surface area contributed by atoms with Crippen LogP contribution in [0.15, 0.2) is 29.2 Å². The Morgan fingerprint density at radius 3 is 2.12 bits per heavy atom. The van der Waals surface area contributed by atoms with Crippen molar-refractivity contribution in [3.8, 4) is 0 Å². The fraction of sp³-hybridized carbons (Fsp3) is 0.333. The first-order valence-electron chi connectivity index (χ1n) is 4.20. The summed E-state index contributed by atoms with van der Waals surface area (Å²) in [5, 5.41) is 8.86. The summed E-state index contributed by atoms with van der Waals surface area (Å²) in [5.41, 5.74) is -5.20. The standard InChI is InChI=1S/C9H6F6OS/c10-8(11,12)7(16)5-2-1-3-6(4-5)17-9(13,14)15/h1-4,7,16H/t7-/m0/s1. The van der Waals surface area contributed by atoms with Crippen LogP contribution in [-0.4, -0.2) is 16.8 Å². The van der Waals surface area contributed by atoms with Crippen LogP contribution in [0.3, 0.4) is 0 Å². The van der Waals surface area contributed by atoms with Crippen LogP contribution >= 0.6 is 11.8 Å². The van der Waals surface area contributed by atoms with Crippen molar-refractivity contribution in [2.75, 3.05) is 0 Å². The second kappa shape index (κ2) is 4.77. The molecule has 0 fully saturated rings. The summed E-state index contributed by atoms with van der Waals surface area (Å²) < 4.78 is 72.3. The summed E-state index contributed by atoms with van der Waals surface area (Å²) >= 11 is -0.536. The highest BCUT2D eigenvalue weighted by Crippen LogP contribution is 2.39. The lowest BCUT2D eigenvalue weighted by Gasteiger charge is -2.15. The van der Waals surface area contributed by atoms with Crippen molar-refractivity contribution in [2.24, 2.45) is 0 Å². The number of halogens is 6. The predicted molar refractivity (Wildman–Crippen MR) is 49.4 cm³/mol. The number of benzene rings is 1. The molecule has 0 bridgehead atoms. The molecule has 0 spiro atoms. The van der Waals surface area contributed by atoms with Gasteiger partial charge >= 0.3 is 11.7 Å². The fourth-order valence-corrected chi connectivity index (χ4v) is 1.68. The first-order chi connectivity index (χ1) is 7.59. The lowest BCUT2D eigenvalue weighted by molar-refractivity contribution is -0.206. The summed E-state index contributed by atoms with van der Waals surface area (Å²) in [6.45, 7) is 0. The zero-order chi connectivity index (χ0) is 13.3. The van der Waals surface area contributed by atoms with E-state index in [4.69, 9.17) is 5.11 Å². The molecule has 0 saturated carbocycles. The third kappa shape index (κ3) is 4.47. The van der Waals surface area contributed by atoms with Crippen molar-refractivity contribution >= 4 is 11.8 Å². The maximum Gasteiger partial charge on any atom is 0.446 e. The summed E-state index contributed by atoms with van der Waals surface area (Å²) in [6.07, 6.45) is -7.68. The zero-order valence-electron chi connectivity index (χ0n) is 8.01. The van der Waals surface area contributed by atoms with Crippen molar-refractivity contribution < 1.29 is 31.4 Å². The van der Waals surface area contributed by atoms with Crippen LogP contribution in [0.2, 0.25) is 0 Å². The van der Waals surface area contributed by atoms with Crippen molar-refractivity contribution in [1.29, 1.82) is 0 Å². The molecule has 0 amide bonds. The Labute approximate surface area is 96.4 Å². The first-order valence-corrected chi connectivity index (χ1v) is 5.02. The molecule has 17 heavy (non-hydrogen) atoms. The lowest BCUT2D eigenvalue weighted by Crippen LogP contribution is -2.20. The molecule has 1 aromatic carbocycles. The molecule has 0 aliphatic heterocycles. The minimum Gasteiger partial charge on any atom is -0.379 e. The van der Waals surface area contributed by atoms with Gasteiger partial charge in [-0.25, -0.2) is 0 Å². The number of rotatable bonds is 2. The first kappa shape index (κ1) is 14.2. The number of thioether (sulfide) groups is 1. The average molecular weight is 276 g/mol. The van der Waals surface area contributed by atoms with E-state index in [-0.39, 0.29) is 0 Å². The van der Waals surface area contributed by atoms with Crippen molar-refractivity contribution in [1.82, 2.24) is 0 Å². The number of aliphatic hydroxyl groups is 1. The number of hydrogen-bond donors (Lipinski definition) is 1. The highest BCUT2D eigenvalue weighted by Gasteiger charge is 2.39. The highest BCUT2D eigenvalue weighted by molar-refractivity contribution is 8.00. The maximum absolute atomic E-state index is 12.1. The molecule has 1 nitrogen and oxygen atoms in total. The van der Waals surface area contributed by atoms with Gasteiger partial charge in [0.25, 0.3) is 0 Å². The zero-order valence-corrected chi connectivity index (χ0v) is 8.83. The van der Waals surface area contributed by atoms with Gasteiger partial charge in [-0.2, -0.15) is 26.3 Å². The molecule has 0 aromatic heterocycles. The molecular weight excluding hydrogens is 270 g/mol. The monoisotopic (exact) mass is 276 g/mol. The molecule has 8 heteroatoms. The van der Waals surface area contributed by atoms with Gasteiger partial charge < -0.3 is 5.11 Å². The Bertz CT molecular complexity index is 386. The molecule has 1 aromatic rings. The van der Waals surface area contributed by atoms with E-state index in [0.717, 1.165) is 18.2 Å². The smallest absolute Gasteiger partial charge is 0.379 e. The molecule has 0 radical (unpaired) electrons. The van der Waals surface area contributed by atoms with E-state index in [1.54, 1.807) is 0 Å². The minimum absolute atomic E-state index is 0.404. The normalized spacial score (nSPS) is 14.8. The molecule has 0 saturated heterocycles. The van der Waals surface area contributed by atoms with Gasteiger partial charge in [-0.3, -0.25) is 0 Å². The summed E-state index contributed by atoms with van der Waals surface area (Å²) in [7, 11) is 0. The van der Waals surface area contributed by atoms with Crippen LogP contribution in [0.1, 0.15) is 11.7 Å². The number of hydrogen-bond acceptors (Lipinski definition) is 2. The summed E-state index contributed by atoms with van der Waals surface area (Å²) in [4.78, 5) is -0.404. The van der Waals surface area contributed by atoms with Crippen LogP contribution in [0.4, 0.5) is 26.3 Å². The highest BCUT2D eigenvalue weighted by atomic mass is 32.2.